The summed E-state index contributed by atoms with van der Waals surface area (Å²) in [5.74, 6) is 1.15. The first-order valence-electron chi connectivity index (χ1n) is 9.27. The standard InChI is InChI=1S/C21H25FN2O4/c1-15(16-7-8-19-20(13-16)28-12-11-27-19)23-21(25)14-24(2)9-10-26-18-6-4-3-5-17(18)22/h3-8,13,15H,9-12,14H2,1-2H3,(H,23,25)/t15-/m0/s1. The molecule has 28 heavy (non-hydrogen) atoms. The summed E-state index contributed by atoms with van der Waals surface area (Å²) in [7, 11) is 1.82. The molecular formula is C21H25FN2O4. The van der Waals surface area contributed by atoms with E-state index in [-0.39, 0.29) is 24.2 Å². The zero-order valence-corrected chi connectivity index (χ0v) is 16.1. The summed E-state index contributed by atoms with van der Waals surface area (Å²) in [4.78, 5) is 14.1. The molecule has 7 heteroatoms. The van der Waals surface area contributed by atoms with E-state index in [1.165, 1.54) is 6.07 Å². The molecule has 0 aromatic heterocycles. The summed E-state index contributed by atoms with van der Waals surface area (Å²) < 4.78 is 30.0. The average molecular weight is 388 g/mol. The molecule has 0 unspecified atom stereocenters. The van der Waals surface area contributed by atoms with Crippen molar-refractivity contribution >= 4 is 5.91 Å². The SMILES string of the molecule is C[C@H](NC(=O)CN(C)CCOc1ccccc1F)c1ccc2c(c1)OCCO2. The lowest BCUT2D eigenvalue weighted by molar-refractivity contribution is -0.122. The van der Waals surface area contributed by atoms with Crippen LogP contribution in [0.15, 0.2) is 42.5 Å². The van der Waals surface area contributed by atoms with Crippen LogP contribution in [0.1, 0.15) is 18.5 Å². The fourth-order valence-electron chi connectivity index (χ4n) is 2.90. The zero-order valence-electron chi connectivity index (χ0n) is 16.1. The minimum atomic E-state index is -0.392. The maximum absolute atomic E-state index is 13.5. The lowest BCUT2D eigenvalue weighted by Gasteiger charge is -2.22. The number of halogens is 1. The van der Waals surface area contributed by atoms with Crippen LogP contribution in [0.3, 0.4) is 0 Å². The number of hydrogen-bond acceptors (Lipinski definition) is 5. The van der Waals surface area contributed by atoms with Crippen LogP contribution in [0, 0.1) is 5.82 Å². The van der Waals surface area contributed by atoms with Gasteiger partial charge >= 0.3 is 0 Å². The number of para-hydroxylation sites is 1. The molecular weight excluding hydrogens is 363 g/mol. The number of benzene rings is 2. The molecule has 150 valence electrons. The minimum absolute atomic E-state index is 0.101. The average Bonchev–Trinajstić information content (AvgIpc) is 2.69. The van der Waals surface area contributed by atoms with E-state index in [9.17, 15) is 9.18 Å². The third-order valence-electron chi connectivity index (χ3n) is 4.42. The van der Waals surface area contributed by atoms with Crippen molar-refractivity contribution in [3.8, 4) is 17.2 Å². The Labute approximate surface area is 164 Å². The van der Waals surface area contributed by atoms with E-state index in [2.05, 4.69) is 5.32 Å². The Morgan fingerprint density at radius 2 is 1.96 bits per heavy atom. The van der Waals surface area contributed by atoms with E-state index in [1.54, 1.807) is 18.2 Å². The van der Waals surface area contributed by atoms with Crippen LogP contribution in [0.5, 0.6) is 17.2 Å². The maximum Gasteiger partial charge on any atom is 0.234 e. The molecule has 1 heterocycles. The summed E-state index contributed by atoms with van der Waals surface area (Å²) >= 11 is 0. The van der Waals surface area contributed by atoms with Gasteiger partial charge in [0.25, 0.3) is 0 Å². The fourth-order valence-corrected chi connectivity index (χ4v) is 2.90. The van der Waals surface area contributed by atoms with Gasteiger partial charge in [-0.25, -0.2) is 4.39 Å². The molecule has 1 aliphatic heterocycles. The normalized spacial score (nSPS) is 13.9. The monoisotopic (exact) mass is 388 g/mol. The lowest BCUT2D eigenvalue weighted by Crippen LogP contribution is -2.38. The molecule has 0 aliphatic carbocycles. The van der Waals surface area contributed by atoms with Gasteiger partial charge in [-0.3, -0.25) is 9.69 Å². The quantitative estimate of drug-likeness (QED) is 0.754. The zero-order chi connectivity index (χ0) is 19.9. The predicted octanol–water partition coefficient (Wildman–Crippen LogP) is 2.78. The Morgan fingerprint density at radius 1 is 1.21 bits per heavy atom. The third-order valence-corrected chi connectivity index (χ3v) is 4.42. The Kier molecular flexibility index (Phi) is 6.71. The number of rotatable bonds is 8. The molecule has 3 rings (SSSR count). The van der Waals surface area contributed by atoms with E-state index >= 15 is 0 Å². The molecule has 2 aromatic rings. The molecule has 1 atom stereocenters. The number of carbonyl (C=O) groups excluding carboxylic acids is 1. The highest BCUT2D eigenvalue weighted by Crippen LogP contribution is 2.32. The van der Waals surface area contributed by atoms with E-state index in [4.69, 9.17) is 14.2 Å². The van der Waals surface area contributed by atoms with Gasteiger partial charge in [-0.1, -0.05) is 18.2 Å². The van der Waals surface area contributed by atoms with E-state index in [0.29, 0.717) is 32.1 Å². The molecule has 2 aromatic carbocycles. The van der Waals surface area contributed by atoms with E-state index in [0.717, 1.165) is 11.3 Å². The Morgan fingerprint density at radius 3 is 2.75 bits per heavy atom. The molecule has 0 spiro atoms. The first kappa shape index (κ1) is 19.9. The van der Waals surface area contributed by atoms with Gasteiger partial charge in [0.05, 0.1) is 12.6 Å². The molecule has 1 N–H and O–H groups in total. The van der Waals surface area contributed by atoms with Crippen molar-refractivity contribution in [3.63, 3.8) is 0 Å². The number of fused-ring (bicyclic) bond motifs is 1. The Balaban J connectivity index is 1.43. The number of nitrogens with zero attached hydrogens (tertiary/aromatic N) is 1. The van der Waals surface area contributed by atoms with Crippen LogP contribution in [0.25, 0.3) is 0 Å². The molecule has 1 aliphatic rings. The molecule has 0 saturated carbocycles. The molecule has 0 fully saturated rings. The van der Waals surface area contributed by atoms with Gasteiger partial charge in [0, 0.05) is 6.54 Å². The van der Waals surface area contributed by atoms with Crippen LogP contribution in [0.2, 0.25) is 0 Å². The first-order chi connectivity index (χ1) is 13.5. The molecule has 0 bridgehead atoms. The summed E-state index contributed by atoms with van der Waals surface area (Å²) in [5, 5.41) is 2.97. The van der Waals surface area contributed by atoms with Crippen molar-refractivity contribution in [1.82, 2.24) is 10.2 Å². The highest BCUT2D eigenvalue weighted by atomic mass is 19.1. The van der Waals surface area contributed by atoms with Gasteiger partial charge in [-0.05, 0) is 43.8 Å². The number of nitrogens with one attached hydrogen (secondary N) is 1. The lowest BCUT2D eigenvalue weighted by atomic mass is 10.1. The smallest absolute Gasteiger partial charge is 0.234 e. The highest BCUT2D eigenvalue weighted by molar-refractivity contribution is 5.78. The topological polar surface area (TPSA) is 60.0 Å². The molecule has 0 radical (unpaired) electrons. The van der Waals surface area contributed by atoms with Crippen molar-refractivity contribution in [3.05, 3.63) is 53.8 Å². The second-order valence-corrected chi connectivity index (χ2v) is 6.71. The minimum Gasteiger partial charge on any atom is -0.489 e. The molecule has 1 amide bonds. The van der Waals surface area contributed by atoms with Crippen LogP contribution < -0.4 is 19.5 Å². The second-order valence-electron chi connectivity index (χ2n) is 6.71. The fraction of sp³-hybridized carbons (Fsp3) is 0.381. The summed E-state index contributed by atoms with van der Waals surface area (Å²) in [5.41, 5.74) is 0.947. The largest absolute Gasteiger partial charge is 0.489 e. The number of amides is 1. The number of hydrogen-bond donors (Lipinski definition) is 1. The second kappa shape index (κ2) is 9.41. The molecule has 0 saturated heterocycles. The maximum atomic E-state index is 13.5. The first-order valence-corrected chi connectivity index (χ1v) is 9.27. The van der Waals surface area contributed by atoms with Gasteiger partial charge < -0.3 is 19.5 Å². The predicted molar refractivity (Wildman–Crippen MR) is 103 cm³/mol. The van der Waals surface area contributed by atoms with Gasteiger partial charge in [0.15, 0.2) is 23.1 Å². The van der Waals surface area contributed by atoms with Gasteiger partial charge in [-0.2, -0.15) is 0 Å². The Hall–Kier alpha value is -2.80. The van der Waals surface area contributed by atoms with Crippen LogP contribution in [-0.2, 0) is 4.79 Å². The van der Waals surface area contributed by atoms with Crippen LogP contribution in [-0.4, -0.2) is 50.8 Å². The van der Waals surface area contributed by atoms with Crippen LogP contribution in [0.4, 0.5) is 4.39 Å². The van der Waals surface area contributed by atoms with Crippen molar-refractivity contribution in [2.75, 3.05) is 40.0 Å². The summed E-state index contributed by atoms with van der Waals surface area (Å²) in [6, 6.07) is 11.8. The highest BCUT2D eigenvalue weighted by Gasteiger charge is 2.16. The van der Waals surface area contributed by atoms with Gasteiger partial charge in [-0.15, -0.1) is 0 Å². The number of ether oxygens (including phenoxy) is 3. The van der Waals surface area contributed by atoms with Crippen molar-refractivity contribution in [2.45, 2.75) is 13.0 Å². The van der Waals surface area contributed by atoms with E-state index in [1.807, 2.05) is 37.1 Å². The van der Waals surface area contributed by atoms with Gasteiger partial charge in [0.2, 0.25) is 5.91 Å². The van der Waals surface area contributed by atoms with Crippen molar-refractivity contribution < 1.29 is 23.4 Å². The van der Waals surface area contributed by atoms with Gasteiger partial charge in [0.1, 0.15) is 19.8 Å². The van der Waals surface area contributed by atoms with Crippen molar-refractivity contribution in [1.29, 1.82) is 0 Å². The third kappa shape index (κ3) is 5.36. The molecule has 6 nitrogen and oxygen atoms in total. The number of likely N-dealkylation sites (N-methyl/N-ethyl adjacent to an activating group) is 1. The van der Waals surface area contributed by atoms with Crippen LogP contribution >= 0.6 is 0 Å². The van der Waals surface area contributed by atoms with E-state index < -0.39 is 5.82 Å². The summed E-state index contributed by atoms with van der Waals surface area (Å²) in [6.07, 6.45) is 0. The number of carbonyl (C=O) groups is 1. The Bertz CT molecular complexity index is 815. The summed E-state index contributed by atoms with van der Waals surface area (Å²) in [6.45, 7) is 4.01. The van der Waals surface area contributed by atoms with Crippen molar-refractivity contribution in [2.24, 2.45) is 0 Å².